The monoisotopic (exact) mass is 294 g/mol. The standard InChI is InChI=1S/C15H18O4S/c1-11(2)7-8-20(17,18)10-14(16)13-9-19-15-6-4-3-5-12(13)15/h3-6,9,11H,7-8,10H2,1-2H3. The SMILES string of the molecule is CC(C)CCS(=O)(=O)CC(=O)c1coc2ccccc12. The van der Waals surface area contributed by atoms with Gasteiger partial charge in [0.25, 0.3) is 0 Å². The predicted octanol–water partition coefficient (Wildman–Crippen LogP) is 3.08. The number of benzene rings is 1. The smallest absolute Gasteiger partial charge is 0.181 e. The van der Waals surface area contributed by atoms with Crippen LogP contribution in [0.25, 0.3) is 11.0 Å². The molecule has 108 valence electrons. The zero-order valence-corrected chi connectivity index (χ0v) is 12.4. The number of carbonyl (C=O) groups excluding carboxylic acids is 1. The van der Waals surface area contributed by atoms with Crippen LogP contribution in [-0.4, -0.2) is 25.7 Å². The fraction of sp³-hybridized carbons (Fsp3) is 0.400. The van der Waals surface area contributed by atoms with E-state index in [2.05, 4.69) is 0 Å². The number of fused-ring (bicyclic) bond motifs is 1. The maximum atomic E-state index is 12.1. The molecule has 2 aromatic rings. The lowest BCUT2D eigenvalue weighted by Gasteiger charge is -2.05. The number of Topliss-reactive ketones (excluding diaryl/α,β-unsaturated/α-hetero) is 1. The van der Waals surface area contributed by atoms with Crippen molar-refractivity contribution in [3.8, 4) is 0 Å². The van der Waals surface area contributed by atoms with E-state index >= 15 is 0 Å². The minimum atomic E-state index is -3.36. The Morgan fingerprint density at radius 2 is 1.95 bits per heavy atom. The summed E-state index contributed by atoms with van der Waals surface area (Å²) in [6.45, 7) is 3.92. The second-order valence-corrected chi connectivity index (χ2v) is 7.53. The summed E-state index contributed by atoms with van der Waals surface area (Å²) in [4.78, 5) is 12.1. The van der Waals surface area contributed by atoms with E-state index in [1.54, 1.807) is 24.3 Å². The summed E-state index contributed by atoms with van der Waals surface area (Å²) < 4.78 is 29.1. The number of furan rings is 1. The first kappa shape index (κ1) is 14.8. The number of ketones is 1. The molecule has 0 fully saturated rings. The van der Waals surface area contributed by atoms with Crippen molar-refractivity contribution in [2.24, 2.45) is 5.92 Å². The van der Waals surface area contributed by atoms with Gasteiger partial charge in [0, 0.05) is 5.39 Å². The number of para-hydroxylation sites is 1. The van der Waals surface area contributed by atoms with Gasteiger partial charge >= 0.3 is 0 Å². The van der Waals surface area contributed by atoms with E-state index in [0.29, 0.717) is 28.9 Å². The fourth-order valence-corrected chi connectivity index (χ4v) is 3.49. The van der Waals surface area contributed by atoms with Gasteiger partial charge in [-0.15, -0.1) is 0 Å². The van der Waals surface area contributed by atoms with Crippen molar-refractivity contribution < 1.29 is 17.6 Å². The van der Waals surface area contributed by atoms with Crippen molar-refractivity contribution >= 4 is 26.6 Å². The second kappa shape index (κ2) is 5.79. The van der Waals surface area contributed by atoms with Crippen molar-refractivity contribution in [1.82, 2.24) is 0 Å². The largest absolute Gasteiger partial charge is 0.464 e. The maximum Gasteiger partial charge on any atom is 0.181 e. The van der Waals surface area contributed by atoms with E-state index in [4.69, 9.17) is 4.42 Å². The number of sulfone groups is 1. The van der Waals surface area contributed by atoms with Gasteiger partial charge in [-0.1, -0.05) is 32.0 Å². The minimum Gasteiger partial charge on any atom is -0.464 e. The zero-order valence-electron chi connectivity index (χ0n) is 11.6. The van der Waals surface area contributed by atoms with Crippen LogP contribution in [0.15, 0.2) is 34.9 Å². The van der Waals surface area contributed by atoms with Crippen LogP contribution >= 0.6 is 0 Å². The van der Waals surface area contributed by atoms with Gasteiger partial charge in [0.15, 0.2) is 15.6 Å². The topological polar surface area (TPSA) is 64.3 Å². The molecule has 0 atom stereocenters. The van der Waals surface area contributed by atoms with Gasteiger partial charge in [0.05, 0.1) is 11.3 Å². The highest BCUT2D eigenvalue weighted by Crippen LogP contribution is 2.21. The van der Waals surface area contributed by atoms with Crippen LogP contribution in [0.3, 0.4) is 0 Å². The first-order chi connectivity index (χ1) is 9.39. The Morgan fingerprint density at radius 1 is 1.25 bits per heavy atom. The molecule has 5 heteroatoms. The molecular formula is C15H18O4S. The lowest BCUT2D eigenvalue weighted by atomic mass is 10.1. The summed E-state index contributed by atoms with van der Waals surface area (Å²) in [5.41, 5.74) is 0.934. The summed E-state index contributed by atoms with van der Waals surface area (Å²) >= 11 is 0. The average Bonchev–Trinajstić information content (AvgIpc) is 2.80. The molecule has 0 saturated carbocycles. The quantitative estimate of drug-likeness (QED) is 0.768. The molecule has 0 radical (unpaired) electrons. The molecular weight excluding hydrogens is 276 g/mol. The van der Waals surface area contributed by atoms with Crippen molar-refractivity contribution in [1.29, 1.82) is 0 Å². The van der Waals surface area contributed by atoms with Gasteiger partial charge in [0.1, 0.15) is 17.6 Å². The van der Waals surface area contributed by atoms with Gasteiger partial charge in [-0.2, -0.15) is 0 Å². The molecule has 2 rings (SSSR count). The van der Waals surface area contributed by atoms with E-state index in [9.17, 15) is 13.2 Å². The highest BCUT2D eigenvalue weighted by Gasteiger charge is 2.21. The minimum absolute atomic E-state index is 0.0478. The van der Waals surface area contributed by atoms with Crippen LogP contribution in [0.2, 0.25) is 0 Å². The van der Waals surface area contributed by atoms with Crippen LogP contribution in [0.1, 0.15) is 30.6 Å². The molecule has 1 heterocycles. The Bertz CT molecular complexity index is 710. The van der Waals surface area contributed by atoms with Crippen LogP contribution in [-0.2, 0) is 9.84 Å². The Kier molecular flexibility index (Phi) is 4.28. The van der Waals surface area contributed by atoms with Crippen molar-refractivity contribution in [2.75, 3.05) is 11.5 Å². The number of hydrogen-bond acceptors (Lipinski definition) is 4. The van der Waals surface area contributed by atoms with Crippen molar-refractivity contribution in [3.05, 3.63) is 36.1 Å². The molecule has 0 aliphatic rings. The lowest BCUT2D eigenvalue weighted by Crippen LogP contribution is -2.19. The zero-order chi connectivity index (χ0) is 14.8. The molecule has 0 unspecified atom stereocenters. The van der Waals surface area contributed by atoms with Crippen LogP contribution in [0, 0.1) is 5.92 Å². The Hall–Kier alpha value is -1.62. The molecule has 1 aromatic carbocycles. The van der Waals surface area contributed by atoms with Gasteiger partial charge in [0.2, 0.25) is 0 Å². The molecule has 0 amide bonds. The van der Waals surface area contributed by atoms with E-state index < -0.39 is 21.4 Å². The predicted molar refractivity (Wildman–Crippen MR) is 78.7 cm³/mol. The normalized spacial score (nSPS) is 12.2. The Labute approximate surface area is 118 Å². The highest BCUT2D eigenvalue weighted by molar-refractivity contribution is 7.92. The molecule has 0 aliphatic heterocycles. The molecule has 20 heavy (non-hydrogen) atoms. The van der Waals surface area contributed by atoms with Crippen molar-refractivity contribution in [2.45, 2.75) is 20.3 Å². The molecule has 0 spiro atoms. The lowest BCUT2D eigenvalue weighted by molar-refractivity contribution is 0.102. The maximum absolute atomic E-state index is 12.1. The van der Waals surface area contributed by atoms with Gasteiger partial charge in [-0.05, 0) is 18.4 Å². The molecule has 0 aliphatic carbocycles. The van der Waals surface area contributed by atoms with Gasteiger partial charge in [-0.3, -0.25) is 4.79 Å². The Balaban J connectivity index is 2.16. The number of rotatable bonds is 6. The average molecular weight is 294 g/mol. The van der Waals surface area contributed by atoms with E-state index in [1.807, 2.05) is 13.8 Å². The third-order valence-electron chi connectivity index (χ3n) is 3.14. The molecule has 1 aromatic heterocycles. The first-order valence-corrected chi connectivity index (χ1v) is 8.41. The first-order valence-electron chi connectivity index (χ1n) is 6.59. The van der Waals surface area contributed by atoms with Crippen molar-refractivity contribution in [3.63, 3.8) is 0 Å². The van der Waals surface area contributed by atoms with Gasteiger partial charge in [-0.25, -0.2) is 8.42 Å². The molecule has 0 N–H and O–H groups in total. The summed E-state index contributed by atoms with van der Waals surface area (Å²) in [5, 5.41) is 0.663. The van der Waals surface area contributed by atoms with E-state index in [1.165, 1.54) is 6.26 Å². The highest BCUT2D eigenvalue weighted by atomic mass is 32.2. The fourth-order valence-electron chi connectivity index (χ4n) is 1.96. The van der Waals surface area contributed by atoms with Crippen LogP contribution in [0.4, 0.5) is 0 Å². The van der Waals surface area contributed by atoms with Crippen LogP contribution in [0.5, 0.6) is 0 Å². The van der Waals surface area contributed by atoms with E-state index in [0.717, 1.165) is 0 Å². The number of hydrogen-bond donors (Lipinski definition) is 0. The molecule has 4 nitrogen and oxygen atoms in total. The Morgan fingerprint density at radius 3 is 2.65 bits per heavy atom. The third-order valence-corrected chi connectivity index (χ3v) is 4.70. The van der Waals surface area contributed by atoms with E-state index in [-0.39, 0.29) is 5.75 Å². The van der Waals surface area contributed by atoms with Gasteiger partial charge < -0.3 is 4.42 Å². The summed E-state index contributed by atoms with van der Waals surface area (Å²) in [7, 11) is -3.36. The van der Waals surface area contributed by atoms with Crippen LogP contribution < -0.4 is 0 Å². The number of carbonyl (C=O) groups is 1. The second-order valence-electron chi connectivity index (χ2n) is 5.34. The third kappa shape index (κ3) is 3.48. The summed E-state index contributed by atoms with van der Waals surface area (Å²) in [5.74, 6) is -0.511. The molecule has 0 bridgehead atoms. The molecule has 0 saturated heterocycles. The summed E-state index contributed by atoms with van der Waals surface area (Å²) in [6.07, 6.45) is 1.91. The summed E-state index contributed by atoms with van der Waals surface area (Å²) in [6, 6.07) is 7.10.